The van der Waals surface area contributed by atoms with Crippen molar-refractivity contribution in [2.75, 3.05) is 19.7 Å². The number of para-hydroxylation sites is 1. The monoisotopic (exact) mass is 391 g/mol. The van der Waals surface area contributed by atoms with Crippen molar-refractivity contribution >= 4 is 5.91 Å². The number of hydrogen-bond donors (Lipinski definition) is 0. The summed E-state index contributed by atoms with van der Waals surface area (Å²) in [6.45, 7) is 5.84. The molecular weight excluding hydrogens is 366 g/mol. The van der Waals surface area contributed by atoms with Crippen molar-refractivity contribution in [1.29, 1.82) is 0 Å². The minimum Gasteiger partial charge on any atom is -0.483 e. The van der Waals surface area contributed by atoms with Crippen molar-refractivity contribution in [2.24, 2.45) is 5.92 Å². The van der Waals surface area contributed by atoms with E-state index in [0.717, 1.165) is 37.1 Å². The highest BCUT2D eigenvalue weighted by Gasteiger charge is 2.21. The van der Waals surface area contributed by atoms with Crippen LogP contribution in [0.25, 0.3) is 22.8 Å². The van der Waals surface area contributed by atoms with Crippen LogP contribution < -0.4 is 4.74 Å². The van der Waals surface area contributed by atoms with Gasteiger partial charge in [-0.15, -0.1) is 0 Å². The van der Waals surface area contributed by atoms with Gasteiger partial charge in [0.05, 0.1) is 5.56 Å². The Hall–Kier alpha value is -3.15. The number of likely N-dealkylation sites (tertiary alicyclic amines) is 1. The summed E-state index contributed by atoms with van der Waals surface area (Å²) in [6, 6.07) is 15.3. The average molecular weight is 391 g/mol. The second-order valence-corrected chi connectivity index (χ2v) is 7.59. The number of piperidine rings is 1. The van der Waals surface area contributed by atoms with Gasteiger partial charge < -0.3 is 14.2 Å². The molecule has 1 aliphatic heterocycles. The molecule has 0 radical (unpaired) electrons. The van der Waals surface area contributed by atoms with E-state index in [2.05, 4.69) is 17.1 Å². The van der Waals surface area contributed by atoms with Gasteiger partial charge in [-0.1, -0.05) is 48.5 Å². The third-order valence-electron chi connectivity index (χ3n) is 5.42. The van der Waals surface area contributed by atoms with Crippen LogP contribution in [-0.4, -0.2) is 40.6 Å². The Morgan fingerprint density at radius 3 is 2.55 bits per heavy atom. The first kappa shape index (κ1) is 19.2. The normalized spacial score (nSPS) is 14.8. The number of carbonyl (C=O) groups excluding carboxylic acids is 1. The minimum atomic E-state index is 0.00415. The first-order chi connectivity index (χ1) is 14.1. The summed E-state index contributed by atoms with van der Waals surface area (Å²) in [7, 11) is 0. The summed E-state index contributed by atoms with van der Waals surface area (Å²) >= 11 is 0. The summed E-state index contributed by atoms with van der Waals surface area (Å²) in [4.78, 5) is 18.9. The number of benzene rings is 2. The quantitative estimate of drug-likeness (QED) is 0.647. The van der Waals surface area contributed by atoms with Crippen LogP contribution in [0.3, 0.4) is 0 Å². The second kappa shape index (κ2) is 8.47. The van der Waals surface area contributed by atoms with Crippen molar-refractivity contribution in [1.82, 2.24) is 15.0 Å². The number of nitrogens with zero attached hydrogens (tertiary/aromatic N) is 3. The minimum absolute atomic E-state index is 0.00415. The molecule has 1 fully saturated rings. The summed E-state index contributed by atoms with van der Waals surface area (Å²) in [5.41, 5.74) is 2.68. The first-order valence-corrected chi connectivity index (χ1v) is 10.0. The van der Waals surface area contributed by atoms with Crippen molar-refractivity contribution in [3.63, 3.8) is 0 Å². The molecular formula is C23H25N3O3. The number of rotatable bonds is 5. The summed E-state index contributed by atoms with van der Waals surface area (Å²) in [5, 5.41) is 4.12. The summed E-state index contributed by atoms with van der Waals surface area (Å²) in [5.74, 6) is 2.16. The molecule has 0 aliphatic carbocycles. The van der Waals surface area contributed by atoms with E-state index >= 15 is 0 Å². The molecule has 0 atom stereocenters. The lowest BCUT2D eigenvalue weighted by Crippen LogP contribution is -2.40. The molecule has 2 aromatic carbocycles. The molecule has 6 nitrogen and oxygen atoms in total. The lowest BCUT2D eigenvalue weighted by molar-refractivity contribution is -0.134. The van der Waals surface area contributed by atoms with Crippen LogP contribution in [0.15, 0.2) is 53.1 Å². The van der Waals surface area contributed by atoms with Gasteiger partial charge in [-0.25, -0.2) is 0 Å². The average Bonchev–Trinajstić information content (AvgIpc) is 3.23. The Morgan fingerprint density at radius 1 is 1.10 bits per heavy atom. The third kappa shape index (κ3) is 4.31. The smallest absolute Gasteiger partial charge is 0.262 e. The number of aryl methyl sites for hydroxylation is 1. The molecule has 6 heteroatoms. The van der Waals surface area contributed by atoms with Gasteiger partial charge >= 0.3 is 0 Å². The van der Waals surface area contributed by atoms with E-state index in [9.17, 15) is 4.79 Å². The lowest BCUT2D eigenvalue weighted by atomic mass is 9.99. The molecule has 3 aromatic rings. The van der Waals surface area contributed by atoms with E-state index in [1.54, 1.807) is 0 Å². The van der Waals surface area contributed by atoms with E-state index in [1.807, 2.05) is 60.4 Å². The first-order valence-electron chi connectivity index (χ1n) is 10.0. The number of ether oxygens (including phenoxy) is 1. The highest BCUT2D eigenvalue weighted by Crippen LogP contribution is 2.31. The van der Waals surface area contributed by atoms with Gasteiger partial charge in [0.15, 0.2) is 6.61 Å². The van der Waals surface area contributed by atoms with Gasteiger partial charge in [0.25, 0.3) is 11.8 Å². The van der Waals surface area contributed by atoms with E-state index < -0.39 is 0 Å². The third-order valence-corrected chi connectivity index (χ3v) is 5.42. The molecule has 1 amide bonds. The van der Waals surface area contributed by atoms with Crippen molar-refractivity contribution in [2.45, 2.75) is 26.7 Å². The van der Waals surface area contributed by atoms with Crippen molar-refractivity contribution in [3.05, 3.63) is 54.1 Å². The van der Waals surface area contributed by atoms with Gasteiger partial charge in [0.2, 0.25) is 5.82 Å². The standard InChI is InChI=1S/C23H25N3O3/c1-16-11-13-26(14-12-16)21(27)15-28-20-10-6-5-9-19(20)23-24-22(25-29-23)18-8-4-3-7-17(18)2/h3-10,16H,11-15H2,1-2H3. The molecule has 0 N–H and O–H groups in total. The van der Waals surface area contributed by atoms with Crippen LogP contribution in [0.5, 0.6) is 5.75 Å². The Bertz CT molecular complexity index is 990. The van der Waals surface area contributed by atoms with E-state index in [4.69, 9.17) is 9.26 Å². The van der Waals surface area contributed by atoms with Gasteiger partial charge in [0, 0.05) is 18.7 Å². The Labute approximate surface area is 170 Å². The maximum atomic E-state index is 12.5. The number of amides is 1. The van der Waals surface area contributed by atoms with Crippen LogP contribution in [0.4, 0.5) is 0 Å². The van der Waals surface area contributed by atoms with E-state index in [0.29, 0.717) is 28.9 Å². The molecule has 1 aromatic heterocycles. The molecule has 1 aliphatic rings. The SMILES string of the molecule is Cc1ccccc1-c1noc(-c2ccccc2OCC(=O)N2CCC(C)CC2)n1. The molecule has 2 heterocycles. The Morgan fingerprint density at radius 2 is 1.79 bits per heavy atom. The maximum Gasteiger partial charge on any atom is 0.262 e. The fourth-order valence-corrected chi connectivity index (χ4v) is 3.52. The van der Waals surface area contributed by atoms with Gasteiger partial charge in [-0.05, 0) is 43.4 Å². The van der Waals surface area contributed by atoms with E-state index in [-0.39, 0.29) is 12.5 Å². The van der Waals surface area contributed by atoms with Gasteiger partial charge in [0.1, 0.15) is 5.75 Å². The number of carbonyl (C=O) groups is 1. The van der Waals surface area contributed by atoms with Crippen molar-refractivity contribution < 1.29 is 14.1 Å². The Balaban J connectivity index is 1.49. The molecule has 4 rings (SSSR count). The van der Waals surface area contributed by atoms with E-state index in [1.165, 1.54) is 0 Å². The molecule has 0 bridgehead atoms. The second-order valence-electron chi connectivity index (χ2n) is 7.59. The highest BCUT2D eigenvalue weighted by atomic mass is 16.5. The molecule has 0 saturated carbocycles. The fourth-order valence-electron chi connectivity index (χ4n) is 3.52. The van der Waals surface area contributed by atoms with Gasteiger partial charge in [-0.3, -0.25) is 4.79 Å². The van der Waals surface area contributed by atoms with Crippen LogP contribution in [0.2, 0.25) is 0 Å². The van der Waals surface area contributed by atoms with Crippen LogP contribution in [-0.2, 0) is 4.79 Å². The molecule has 0 spiro atoms. The van der Waals surface area contributed by atoms with Crippen LogP contribution in [0.1, 0.15) is 25.3 Å². The largest absolute Gasteiger partial charge is 0.483 e. The van der Waals surface area contributed by atoms with Gasteiger partial charge in [-0.2, -0.15) is 4.98 Å². The predicted octanol–water partition coefficient (Wildman–Crippen LogP) is 4.35. The van der Waals surface area contributed by atoms with Crippen LogP contribution >= 0.6 is 0 Å². The number of aromatic nitrogens is 2. The topological polar surface area (TPSA) is 68.5 Å². The fraction of sp³-hybridized carbons (Fsp3) is 0.348. The number of hydrogen-bond acceptors (Lipinski definition) is 5. The Kier molecular flexibility index (Phi) is 5.60. The molecule has 29 heavy (non-hydrogen) atoms. The molecule has 150 valence electrons. The zero-order valence-electron chi connectivity index (χ0n) is 16.8. The summed E-state index contributed by atoms with van der Waals surface area (Å²) < 4.78 is 11.4. The molecule has 1 saturated heterocycles. The summed E-state index contributed by atoms with van der Waals surface area (Å²) in [6.07, 6.45) is 2.10. The zero-order chi connectivity index (χ0) is 20.2. The van der Waals surface area contributed by atoms with Crippen LogP contribution in [0, 0.1) is 12.8 Å². The predicted molar refractivity (Wildman–Crippen MR) is 110 cm³/mol. The van der Waals surface area contributed by atoms with Crippen molar-refractivity contribution in [3.8, 4) is 28.6 Å². The zero-order valence-corrected chi connectivity index (χ0v) is 16.8. The molecule has 0 unspecified atom stereocenters. The maximum absolute atomic E-state index is 12.5. The lowest BCUT2D eigenvalue weighted by Gasteiger charge is -2.30. The highest BCUT2D eigenvalue weighted by molar-refractivity contribution is 5.78.